The van der Waals surface area contributed by atoms with Gasteiger partial charge in [-0.25, -0.2) is 0 Å². The Balaban J connectivity index is 1.50. The van der Waals surface area contributed by atoms with Gasteiger partial charge in [-0.1, -0.05) is 47.6 Å². The van der Waals surface area contributed by atoms with Crippen LogP contribution >= 0.6 is 0 Å². The fraction of sp³-hybridized carbons (Fsp3) is 0.174. The van der Waals surface area contributed by atoms with Crippen LogP contribution in [0.15, 0.2) is 59.0 Å². The molecule has 0 saturated carbocycles. The Hall–Kier alpha value is -4.07. The first-order valence-corrected chi connectivity index (χ1v) is 9.52. The lowest BCUT2D eigenvalue weighted by Gasteiger charge is -2.12. The third kappa shape index (κ3) is 4.28. The summed E-state index contributed by atoms with van der Waals surface area (Å²) >= 11 is 0. The second-order valence-corrected chi connectivity index (χ2v) is 6.73. The fourth-order valence-corrected chi connectivity index (χ4v) is 3.29. The number of carbonyl (C=O) groups is 1. The largest absolute Gasteiger partial charge is 0.493 e. The molecule has 0 radical (unpaired) electrons. The molecule has 1 amide bonds. The zero-order valence-electron chi connectivity index (χ0n) is 17.3. The summed E-state index contributed by atoms with van der Waals surface area (Å²) in [7, 11) is 4.57. The van der Waals surface area contributed by atoms with Gasteiger partial charge in [-0.3, -0.25) is 10.1 Å². The molecule has 1 N–H and O–H groups in total. The summed E-state index contributed by atoms with van der Waals surface area (Å²) in [5.74, 6) is 1.32. The van der Waals surface area contributed by atoms with Crippen molar-refractivity contribution < 1.29 is 23.4 Å². The number of carbonyl (C=O) groups excluding carboxylic acids is 1. The number of nitrogens with one attached hydrogen (secondary N) is 1. The first kappa shape index (κ1) is 20.2. The Morgan fingerprint density at radius 1 is 0.903 bits per heavy atom. The van der Waals surface area contributed by atoms with Crippen molar-refractivity contribution in [2.75, 3.05) is 26.6 Å². The van der Waals surface area contributed by atoms with Gasteiger partial charge in [0, 0.05) is 5.56 Å². The van der Waals surface area contributed by atoms with E-state index < -0.39 is 0 Å². The van der Waals surface area contributed by atoms with E-state index in [1.165, 1.54) is 21.3 Å². The molecule has 0 atom stereocenters. The van der Waals surface area contributed by atoms with E-state index in [1.807, 2.05) is 42.5 Å². The number of benzene rings is 3. The van der Waals surface area contributed by atoms with Gasteiger partial charge in [-0.05, 0) is 28.5 Å². The van der Waals surface area contributed by atoms with Crippen molar-refractivity contribution >= 4 is 22.7 Å². The summed E-state index contributed by atoms with van der Waals surface area (Å²) < 4.78 is 21.6. The van der Waals surface area contributed by atoms with Gasteiger partial charge in [-0.15, -0.1) is 5.10 Å². The molecule has 31 heavy (non-hydrogen) atoms. The number of anilines is 1. The highest BCUT2D eigenvalue weighted by Crippen LogP contribution is 2.41. The number of amides is 1. The quantitative estimate of drug-likeness (QED) is 0.482. The van der Waals surface area contributed by atoms with E-state index >= 15 is 0 Å². The summed E-state index contributed by atoms with van der Waals surface area (Å²) in [6.07, 6.45) is 0.187. The van der Waals surface area contributed by atoms with Gasteiger partial charge in [0.25, 0.3) is 0 Å². The molecule has 8 heteroatoms. The van der Waals surface area contributed by atoms with Crippen LogP contribution in [0, 0.1) is 0 Å². The highest BCUT2D eigenvalue weighted by molar-refractivity contribution is 5.91. The van der Waals surface area contributed by atoms with Crippen LogP contribution in [0.4, 0.5) is 6.01 Å². The van der Waals surface area contributed by atoms with Crippen LogP contribution in [0.3, 0.4) is 0 Å². The molecule has 0 aliphatic carbocycles. The predicted octanol–water partition coefficient (Wildman–Crippen LogP) is 4.10. The molecule has 0 aliphatic rings. The Morgan fingerprint density at radius 2 is 1.61 bits per heavy atom. The Bertz CT molecular complexity index is 1210. The molecule has 0 aliphatic heterocycles. The molecule has 1 aromatic heterocycles. The first-order valence-electron chi connectivity index (χ1n) is 9.52. The summed E-state index contributed by atoms with van der Waals surface area (Å²) in [6.45, 7) is 0. The molecule has 0 saturated heterocycles. The van der Waals surface area contributed by atoms with Gasteiger partial charge >= 0.3 is 6.01 Å². The van der Waals surface area contributed by atoms with Crippen LogP contribution in [0.2, 0.25) is 0 Å². The number of hydrogen-bond donors (Lipinski definition) is 1. The van der Waals surface area contributed by atoms with E-state index in [0.29, 0.717) is 22.8 Å². The molecule has 158 valence electrons. The van der Waals surface area contributed by atoms with Gasteiger partial charge in [0.15, 0.2) is 11.5 Å². The maximum atomic E-state index is 12.5. The average molecular weight is 419 g/mol. The van der Waals surface area contributed by atoms with Crippen LogP contribution in [-0.2, 0) is 11.2 Å². The molecule has 0 unspecified atom stereocenters. The first-order chi connectivity index (χ1) is 15.1. The van der Waals surface area contributed by atoms with E-state index in [0.717, 1.165) is 16.3 Å². The molecule has 0 fully saturated rings. The minimum atomic E-state index is -0.254. The summed E-state index contributed by atoms with van der Waals surface area (Å²) in [4.78, 5) is 12.5. The minimum Gasteiger partial charge on any atom is -0.493 e. The lowest BCUT2D eigenvalue weighted by atomic mass is 10.1. The van der Waals surface area contributed by atoms with Crippen molar-refractivity contribution in [1.29, 1.82) is 0 Å². The highest BCUT2D eigenvalue weighted by Gasteiger charge is 2.18. The highest BCUT2D eigenvalue weighted by atomic mass is 16.5. The number of aromatic nitrogens is 2. The Kier molecular flexibility index (Phi) is 5.70. The van der Waals surface area contributed by atoms with Crippen molar-refractivity contribution in [2.24, 2.45) is 0 Å². The van der Waals surface area contributed by atoms with Crippen molar-refractivity contribution in [3.8, 4) is 28.7 Å². The molecule has 1 heterocycles. The minimum absolute atomic E-state index is 0.00883. The Labute approximate surface area is 178 Å². The lowest BCUT2D eigenvalue weighted by Crippen LogP contribution is -2.14. The SMILES string of the molecule is COc1cc(-c2nnc(NC(=O)Cc3ccc4ccccc4c3)o2)cc(OC)c1OC. The summed E-state index contributed by atoms with van der Waals surface area (Å²) in [6, 6.07) is 17.3. The molecule has 0 bridgehead atoms. The van der Waals surface area contributed by atoms with Crippen molar-refractivity contribution in [3.05, 3.63) is 60.2 Å². The molecular weight excluding hydrogens is 398 g/mol. The number of ether oxygens (including phenoxy) is 3. The maximum absolute atomic E-state index is 12.5. The number of rotatable bonds is 7. The topological polar surface area (TPSA) is 95.7 Å². The van der Waals surface area contributed by atoms with Crippen molar-refractivity contribution in [2.45, 2.75) is 6.42 Å². The molecule has 4 rings (SSSR count). The van der Waals surface area contributed by atoms with E-state index in [-0.39, 0.29) is 24.2 Å². The molecule has 8 nitrogen and oxygen atoms in total. The average Bonchev–Trinajstić information content (AvgIpc) is 3.26. The molecular formula is C23H21N3O5. The fourth-order valence-electron chi connectivity index (χ4n) is 3.29. The summed E-state index contributed by atoms with van der Waals surface area (Å²) in [5.41, 5.74) is 1.46. The van der Waals surface area contributed by atoms with Gasteiger partial charge in [-0.2, -0.15) is 0 Å². The number of hydrogen-bond acceptors (Lipinski definition) is 7. The van der Waals surface area contributed by atoms with E-state index in [1.54, 1.807) is 12.1 Å². The Morgan fingerprint density at radius 3 is 2.29 bits per heavy atom. The maximum Gasteiger partial charge on any atom is 0.322 e. The molecule has 3 aromatic carbocycles. The number of nitrogens with zero attached hydrogens (tertiary/aromatic N) is 2. The van der Waals surface area contributed by atoms with Crippen LogP contribution in [-0.4, -0.2) is 37.4 Å². The van der Waals surface area contributed by atoms with Crippen LogP contribution in [0.25, 0.3) is 22.2 Å². The van der Waals surface area contributed by atoms with Gasteiger partial charge in [0.1, 0.15) is 0 Å². The van der Waals surface area contributed by atoms with Crippen molar-refractivity contribution in [1.82, 2.24) is 10.2 Å². The van der Waals surface area contributed by atoms with Crippen molar-refractivity contribution in [3.63, 3.8) is 0 Å². The van der Waals surface area contributed by atoms with E-state index in [4.69, 9.17) is 18.6 Å². The van der Waals surface area contributed by atoms with Crippen LogP contribution in [0.1, 0.15) is 5.56 Å². The third-order valence-electron chi connectivity index (χ3n) is 4.76. The monoisotopic (exact) mass is 419 g/mol. The third-order valence-corrected chi connectivity index (χ3v) is 4.76. The van der Waals surface area contributed by atoms with Crippen LogP contribution < -0.4 is 19.5 Å². The van der Waals surface area contributed by atoms with E-state index in [2.05, 4.69) is 15.5 Å². The normalized spacial score (nSPS) is 10.7. The zero-order chi connectivity index (χ0) is 21.8. The lowest BCUT2D eigenvalue weighted by molar-refractivity contribution is -0.115. The van der Waals surface area contributed by atoms with Gasteiger partial charge in [0.05, 0.1) is 27.8 Å². The molecule has 0 spiro atoms. The summed E-state index contributed by atoms with van der Waals surface area (Å²) in [5, 5.41) is 12.8. The number of fused-ring (bicyclic) bond motifs is 1. The standard InChI is InChI=1S/C23H21N3O5/c1-28-18-12-17(13-19(29-2)21(18)30-3)22-25-26-23(31-22)24-20(27)11-14-8-9-15-6-4-5-7-16(15)10-14/h4-10,12-13H,11H2,1-3H3,(H,24,26,27). The van der Waals surface area contributed by atoms with Crippen LogP contribution in [0.5, 0.6) is 17.2 Å². The zero-order valence-corrected chi connectivity index (χ0v) is 17.3. The predicted molar refractivity (Wildman–Crippen MR) is 116 cm³/mol. The second-order valence-electron chi connectivity index (χ2n) is 6.73. The number of methoxy groups -OCH3 is 3. The second kappa shape index (κ2) is 8.74. The van der Waals surface area contributed by atoms with Gasteiger partial charge < -0.3 is 18.6 Å². The molecule has 4 aromatic rings. The van der Waals surface area contributed by atoms with Gasteiger partial charge in [0.2, 0.25) is 17.5 Å². The smallest absolute Gasteiger partial charge is 0.322 e. The van der Waals surface area contributed by atoms with E-state index in [9.17, 15) is 4.79 Å².